The van der Waals surface area contributed by atoms with Crippen LogP contribution in [0.25, 0.3) is 0 Å². The lowest BCUT2D eigenvalue weighted by atomic mass is 10.2. The van der Waals surface area contributed by atoms with Crippen molar-refractivity contribution in [3.05, 3.63) is 54.1 Å². The smallest absolute Gasteiger partial charge is 0.124 e. The Bertz CT molecular complexity index is 560. The van der Waals surface area contributed by atoms with Crippen LogP contribution in [0.4, 0.5) is 10.1 Å². The number of halogens is 1. The van der Waals surface area contributed by atoms with Gasteiger partial charge in [0.2, 0.25) is 0 Å². The van der Waals surface area contributed by atoms with Gasteiger partial charge in [-0.3, -0.25) is 9.19 Å². The minimum Gasteiger partial charge on any atom is -0.398 e. The summed E-state index contributed by atoms with van der Waals surface area (Å²) in [6.07, 6.45) is 4.04. The summed E-state index contributed by atoms with van der Waals surface area (Å²) in [5, 5.41) is 0. The van der Waals surface area contributed by atoms with Gasteiger partial charge < -0.3 is 5.73 Å². The van der Waals surface area contributed by atoms with Crippen LogP contribution in [0.5, 0.6) is 0 Å². The Morgan fingerprint density at radius 1 is 1.33 bits per heavy atom. The van der Waals surface area contributed by atoms with E-state index < -0.39 is 16.6 Å². The SMILES string of the molecule is Nc1ccc(F)cc1S(=O)CCc1cccnc1. The summed E-state index contributed by atoms with van der Waals surface area (Å²) in [6, 6.07) is 7.67. The van der Waals surface area contributed by atoms with Gasteiger partial charge in [-0.25, -0.2) is 4.39 Å². The molecule has 2 aromatic rings. The number of nitrogen functional groups attached to an aromatic ring is 1. The van der Waals surface area contributed by atoms with E-state index in [0.29, 0.717) is 22.8 Å². The molecule has 1 atom stereocenters. The molecule has 3 nitrogen and oxygen atoms in total. The van der Waals surface area contributed by atoms with Crippen molar-refractivity contribution in [2.45, 2.75) is 11.3 Å². The summed E-state index contributed by atoms with van der Waals surface area (Å²) in [7, 11) is -1.30. The van der Waals surface area contributed by atoms with Gasteiger partial charge in [0.25, 0.3) is 0 Å². The molecule has 1 unspecified atom stereocenters. The number of benzene rings is 1. The molecule has 94 valence electrons. The van der Waals surface area contributed by atoms with Crippen molar-refractivity contribution in [1.29, 1.82) is 0 Å². The summed E-state index contributed by atoms with van der Waals surface area (Å²) in [4.78, 5) is 4.34. The van der Waals surface area contributed by atoms with Crippen molar-refractivity contribution in [3.63, 3.8) is 0 Å². The number of aryl methyl sites for hydroxylation is 1. The van der Waals surface area contributed by atoms with E-state index in [1.165, 1.54) is 18.2 Å². The number of anilines is 1. The van der Waals surface area contributed by atoms with E-state index in [4.69, 9.17) is 5.73 Å². The Morgan fingerprint density at radius 3 is 2.89 bits per heavy atom. The Kier molecular flexibility index (Phi) is 4.04. The van der Waals surface area contributed by atoms with Crippen molar-refractivity contribution in [2.24, 2.45) is 0 Å². The van der Waals surface area contributed by atoms with E-state index in [9.17, 15) is 8.60 Å². The molecule has 0 amide bonds. The Morgan fingerprint density at radius 2 is 2.17 bits per heavy atom. The van der Waals surface area contributed by atoms with Crippen molar-refractivity contribution in [3.8, 4) is 0 Å². The molecule has 5 heteroatoms. The van der Waals surface area contributed by atoms with Gasteiger partial charge in [0.05, 0.1) is 15.7 Å². The van der Waals surface area contributed by atoms with Crippen LogP contribution in [0.15, 0.2) is 47.6 Å². The van der Waals surface area contributed by atoms with Crippen LogP contribution in [-0.4, -0.2) is 14.9 Å². The highest BCUT2D eigenvalue weighted by Gasteiger charge is 2.09. The quantitative estimate of drug-likeness (QED) is 0.861. The largest absolute Gasteiger partial charge is 0.398 e. The van der Waals surface area contributed by atoms with Crippen LogP contribution in [-0.2, 0) is 17.2 Å². The molecule has 0 saturated carbocycles. The van der Waals surface area contributed by atoms with Crippen LogP contribution >= 0.6 is 0 Å². The predicted molar refractivity (Wildman–Crippen MR) is 70.0 cm³/mol. The first-order valence-corrected chi connectivity index (χ1v) is 6.81. The van der Waals surface area contributed by atoms with Gasteiger partial charge >= 0.3 is 0 Å². The second-order valence-corrected chi connectivity index (χ2v) is 5.38. The molecule has 0 saturated heterocycles. The van der Waals surface area contributed by atoms with Crippen molar-refractivity contribution in [1.82, 2.24) is 4.98 Å². The molecule has 0 fully saturated rings. The third kappa shape index (κ3) is 3.13. The molecule has 1 aromatic carbocycles. The number of nitrogens with two attached hydrogens (primary N) is 1. The number of nitrogens with zero attached hydrogens (tertiary/aromatic N) is 1. The van der Waals surface area contributed by atoms with Gasteiger partial charge in [0.1, 0.15) is 5.82 Å². The standard InChI is InChI=1S/C13H13FN2OS/c14-11-3-4-12(15)13(8-11)18(17)7-5-10-2-1-6-16-9-10/h1-4,6,8-9H,5,7,15H2. The fourth-order valence-corrected chi connectivity index (χ4v) is 2.79. The highest BCUT2D eigenvalue weighted by atomic mass is 32.2. The third-order valence-corrected chi connectivity index (χ3v) is 3.94. The lowest BCUT2D eigenvalue weighted by Gasteiger charge is -2.06. The maximum atomic E-state index is 13.1. The van der Waals surface area contributed by atoms with E-state index in [1.54, 1.807) is 12.4 Å². The average molecular weight is 264 g/mol. The van der Waals surface area contributed by atoms with Crippen LogP contribution < -0.4 is 5.73 Å². The van der Waals surface area contributed by atoms with Crippen molar-refractivity contribution >= 4 is 16.5 Å². The van der Waals surface area contributed by atoms with Gasteiger partial charge in [-0.1, -0.05) is 6.07 Å². The molecular formula is C13H13FN2OS. The number of rotatable bonds is 4. The first kappa shape index (κ1) is 12.7. The minimum atomic E-state index is -1.30. The van der Waals surface area contributed by atoms with Crippen LogP contribution in [0.1, 0.15) is 5.56 Å². The average Bonchev–Trinajstić information content (AvgIpc) is 2.40. The fourth-order valence-electron chi connectivity index (χ4n) is 1.57. The summed E-state index contributed by atoms with van der Waals surface area (Å²) in [5.74, 6) is -0.0202. The van der Waals surface area contributed by atoms with Crippen LogP contribution in [0.2, 0.25) is 0 Å². The van der Waals surface area contributed by atoms with E-state index in [1.807, 2.05) is 12.1 Å². The molecule has 0 bridgehead atoms. The maximum Gasteiger partial charge on any atom is 0.124 e. The Hall–Kier alpha value is -1.75. The number of aromatic nitrogens is 1. The summed E-state index contributed by atoms with van der Waals surface area (Å²) >= 11 is 0. The minimum absolute atomic E-state index is 0.360. The molecule has 1 heterocycles. The Labute approximate surface area is 107 Å². The molecular weight excluding hydrogens is 251 g/mol. The number of pyridine rings is 1. The summed E-state index contributed by atoms with van der Waals surface area (Å²) in [6.45, 7) is 0. The molecule has 1 aromatic heterocycles. The fraction of sp³-hybridized carbons (Fsp3) is 0.154. The van der Waals surface area contributed by atoms with E-state index in [2.05, 4.69) is 4.98 Å². The highest BCUT2D eigenvalue weighted by Crippen LogP contribution is 2.18. The van der Waals surface area contributed by atoms with Crippen LogP contribution in [0.3, 0.4) is 0 Å². The lowest BCUT2D eigenvalue weighted by Crippen LogP contribution is -2.05. The molecule has 0 spiro atoms. The first-order valence-electron chi connectivity index (χ1n) is 5.49. The van der Waals surface area contributed by atoms with Crippen molar-refractivity contribution < 1.29 is 8.60 Å². The van der Waals surface area contributed by atoms with Gasteiger partial charge in [-0.2, -0.15) is 0 Å². The monoisotopic (exact) mass is 264 g/mol. The van der Waals surface area contributed by atoms with Gasteiger partial charge in [0, 0.05) is 23.8 Å². The third-order valence-electron chi connectivity index (χ3n) is 2.52. The zero-order valence-electron chi connectivity index (χ0n) is 9.67. The van der Waals surface area contributed by atoms with E-state index in [0.717, 1.165) is 5.56 Å². The van der Waals surface area contributed by atoms with Gasteiger partial charge in [-0.05, 0) is 36.2 Å². The molecule has 0 aliphatic rings. The molecule has 0 aliphatic heterocycles. The molecule has 18 heavy (non-hydrogen) atoms. The zero-order chi connectivity index (χ0) is 13.0. The van der Waals surface area contributed by atoms with E-state index >= 15 is 0 Å². The second kappa shape index (κ2) is 5.73. The number of hydrogen-bond donors (Lipinski definition) is 1. The maximum absolute atomic E-state index is 13.1. The topological polar surface area (TPSA) is 56.0 Å². The Balaban J connectivity index is 2.06. The first-order chi connectivity index (χ1) is 8.66. The highest BCUT2D eigenvalue weighted by molar-refractivity contribution is 7.85. The molecule has 0 aliphatic carbocycles. The zero-order valence-corrected chi connectivity index (χ0v) is 10.5. The normalized spacial score (nSPS) is 12.3. The van der Waals surface area contributed by atoms with E-state index in [-0.39, 0.29) is 0 Å². The lowest BCUT2D eigenvalue weighted by molar-refractivity contribution is 0.623. The molecule has 2 N–H and O–H groups in total. The van der Waals surface area contributed by atoms with Gasteiger partial charge in [-0.15, -0.1) is 0 Å². The van der Waals surface area contributed by atoms with Gasteiger partial charge in [0.15, 0.2) is 0 Å². The summed E-state index contributed by atoms with van der Waals surface area (Å²) in [5.41, 5.74) is 7.05. The summed E-state index contributed by atoms with van der Waals surface area (Å²) < 4.78 is 25.1. The second-order valence-electron chi connectivity index (χ2n) is 3.84. The van der Waals surface area contributed by atoms with Crippen LogP contribution in [0, 0.1) is 5.82 Å². The molecule has 2 rings (SSSR count). The number of hydrogen-bond acceptors (Lipinski definition) is 3. The predicted octanol–water partition coefficient (Wildman–Crippen LogP) is 2.15. The van der Waals surface area contributed by atoms with Crippen molar-refractivity contribution in [2.75, 3.05) is 11.5 Å². The molecule has 0 radical (unpaired) electrons.